The Morgan fingerprint density at radius 1 is 1.43 bits per heavy atom. The molecule has 0 unspecified atom stereocenters. The number of ether oxygens (including phenoxy) is 1. The van der Waals surface area contributed by atoms with E-state index >= 15 is 0 Å². The van der Waals surface area contributed by atoms with Gasteiger partial charge in [0, 0.05) is 44.0 Å². The summed E-state index contributed by atoms with van der Waals surface area (Å²) in [7, 11) is 1.49. The average Bonchev–Trinajstić information content (AvgIpc) is 2.55. The smallest absolute Gasteiger partial charge is 0.407 e. The van der Waals surface area contributed by atoms with Crippen molar-refractivity contribution >= 4 is 12.0 Å². The number of rotatable bonds is 5. The quantitative estimate of drug-likeness (QED) is 0.852. The summed E-state index contributed by atoms with van der Waals surface area (Å²) in [5.74, 6) is -0.188. The van der Waals surface area contributed by atoms with Crippen molar-refractivity contribution < 1.29 is 19.4 Å². The van der Waals surface area contributed by atoms with Gasteiger partial charge in [-0.15, -0.1) is 0 Å². The molecule has 1 aliphatic rings. The topological polar surface area (TPSA) is 91.8 Å². The number of carbonyl (C=O) groups excluding carboxylic acids is 1. The number of nitrogens with one attached hydrogen (secondary N) is 1. The predicted molar refractivity (Wildman–Crippen MR) is 84.1 cm³/mol. The summed E-state index contributed by atoms with van der Waals surface area (Å²) >= 11 is 0. The van der Waals surface area contributed by atoms with Gasteiger partial charge in [-0.2, -0.15) is 0 Å². The van der Waals surface area contributed by atoms with E-state index in [-0.39, 0.29) is 5.91 Å². The van der Waals surface area contributed by atoms with Crippen LogP contribution >= 0.6 is 0 Å². The number of hydrogen-bond donors (Lipinski definition) is 2. The largest absolute Gasteiger partial charge is 0.465 e. The molecule has 7 heteroatoms. The van der Waals surface area contributed by atoms with Gasteiger partial charge in [-0.25, -0.2) is 4.79 Å². The molecule has 23 heavy (non-hydrogen) atoms. The first-order valence-electron chi connectivity index (χ1n) is 7.68. The van der Waals surface area contributed by atoms with Gasteiger partial charge in [-0.3, -0.25) is 9.78 Å². The second-order valence-electron chi connectivity index (χ2n) is 5.91. The average molecular weight is 321 g/mol. The first-order chi connectivity index (χ1) is 11.0. The molecule has 0 aliphatic carbocycles. The van der Waals surface area contributed by atoms with Crippen LogP contribution in [0.15, 0.2) is 24.4 Å². The zero-order chi connectivity index (χ0) is 16.9. The van der Waals surface area contributed by atoms with Crippen LogP contribution in [-0.2, 0) is 16.0 Å². The van der Waals surface area contributed by atoms with Crippen molar-refractivity contribution in [1.29, 1.82) is 0 Å². The fraction of sp³-hybridized carbons (Fsp3) is 0.562. The van der Waals surface area contributed by atoms with Gasteiger partial charge in [0.05, 0.1) is 0 Å². The van der Waals surface area contributed by atoms with Gasteiger partial charge >= 0.3 is 6.09 Å². The fourth-order valence-electron chi connectivity index (χ4n) is 2.79. The molecule has 0 radical (unpaired) electrons. The Balaban J connectivity index is 2.14. The second-order valence-corrected chi connectivity index (χ2v) is 5.91. The number of aromatic nitrogens is 1. The highest BCUT2D eigenvalue weighted by Gasteiger charge is 2.38. The Morgan fingerprint density at radius 2 is 2.13 bits per heavy atom. The molecule has 1 atom stereocenters. The van der Waals surface area contributed by atoms with Gasteiger partial charge in [-0.05, 0) is 31.9 Å². The minimum atomic E-state index is -0.923. The number of hydrogen-bond acceptors (Lipinski definition) is 4. The van der Waals surface area contributed by atoms with Crippen molar-refractivity contribution in [3.05, 3.63) is 30.1 Å². The minimum Gasteiger partial charge on any atom is -0.465 e. The van der Waals surface area contributed by atoms with Gasteiger partial charge in [0.1, 0.15) is 6.10 Å². The molecule has 0 bridgehead atoms. The lowest BCUT2D eigenvalue weighted by molar-refractivity contribution is -0.132. The molecule has 1 aliphatic heterocycles. The summed E-state index contributed by atoms with van der Waals surface area (Å²) in [6.45, 7) is 2.48. The Morgan fingerprint density at radius 3 is 2.65 bits per heavy atom. The van der Waals surface area contributed by atoms with Crippen LogP contribution in [0.2, 0.25) is 0 Å². The molecule has 126 valence electrons. The maximum atomic E-state index is 12.3. The molecule has 2 heterocycles. The summed E-state index contributed by atoms with van der Waals surface area (Å²) < 4.78 is 5.08. The third kappa shape index (κ3) is 4.41. The van der Waals surface area contributed by atoms with E-state index in [1.165, 1.54) is 12.0 Å². The number of piperidine rings is 1. The van der Waals surface area contributed by atoms with E-state index < -0.39 is 17.7 Å². The third-order valence-electron chi connectivity index (χ3n) is 4.35. The van der Waals surface area contributed by atoms with E-state index in [1.807, 2.05) is 18.2 Å². The van der Waals surface area contributed by atoms with Gasteiger partial charge in [-0.1, -0.05) is 6.07 Å². The molecule has 7 nitrogen and oxygen atoms in total. The number of amides is 2. The zero-order valence-electron chi connectivity index (χ0n) is 13.5. The highest BCUT2D eigenvalue weighted by Crippen LogP contribution is 2.26. The lowest BCUT2D eigenvalue weighted by Gasteiger charge is -2.42. The Labute approximate surface area is 135 Å². The van der Waals surface area contributed by atoms with Crippen molar-refractivity contribution in [3.8, 4) is 0 Å². The molecule has 2 rings (SSSR count). The van der Waals surface area contributed by atoms with Crippen LogP contribution in [0.1, 0.15) is 25.5 Å². The van der Waals surface area contributed by atoms with E-state index in [0.717, 1.165) is 5.69 Å². The van der Waals surface area contributed by atoms with Gasteiger partial charge in [0.2, 0.25) is 5.91 Å². The van der Waals surface area contributed by atoms with Crippen LogP contribution in [0.3, 0.4) is 0 Å². The summed E-state index contributed by atoms with van der Waals surface area (Å²) in [5, 5.41) is 12.2. The van der Waals surface area contributed by atoms with Crippen molar-refractivity contribution in [2.45, 2.75) is 37.8 Å². The van der Waals surface area contributed by atoms with Crippen LogP contribution in [0.5, 0.6) is 0 Å². The number of pyridine rings is 1. The van der Waals surface area contributed by atoms with Gasteiger partial charge < -0.3 is 20.1 Å². The van der Waals surface area contributed by atoms with Crippen molar-refractivity contribution in [2.75, 3.05) is 20.2 Å². The molecule has 1 aromatic rings. The van der Waals surface area contributed by atoms with Crippen LogP contribution in [0, 0.1) is 0 Å². The normalized spacial score (nSPS) is 18.3. The maximum Gasteiger partial charge on any atom is 0.407 e. The van der Waals surface area contributed by atoms with E-state index in [4.69, 9.17) is 9.84 Å². The van der Waals surface area contributed by atoms with Gasteiger partial charge in [0.15, 0.2) is 0 Å². The maximum absolute atomic E-state index is 12.3. The van der Waals surface area contributed by atoms with Crippen molar-refractivity contribution in [2.24, 2.45) is 0 Å². The van der Waals surface area contributed by atoms with Crippen LogP contribution in [0.4, 0.5) is 4.79 Å². The van der Waals surface area contributed by atoms with Crippen molar-refractivity contribution in [1.82, 2.24) is 15.2 Å². The number of carbonyl (C=O) groups is 2. The summed E-state index contributed by atoms with van der Waals surface area (Å²) in [6.07, 6.45) is 1.93. The van der Waals surface area contributed by atoms with Gasteiger partial charge in [0.25, 0.3) is 0 Å². The monoisotopic (exact) mass is 321 g/mol. The highest BCUT2D eigenvalue weighted by molar-refractivity contribution is 5.81. The van der Waals surface area contributed by atoms with E-state index in [1.54, 1.807) is 13.1 Å². The van der Waals surface area contributed by atoms with Crippen molar-refractivity contribution in [3.63, 3.8) is 0 Å². The van der Waals surface area contributed by atoms with Crippen LogP contribution < -0.4 is 5.32 Å². The molecular weight excluding hydrogens is 298 g/mol. The number of nitrogens with zero attached hydrogens (tertiary/aromatic N) is 2. The van der Waals surface area contributed by atoms with Crippen LogP contribution in [0.25, 0.3) is 0 Å². The summed E-state index contributed by atoms with van der Waals surface area (Å²) in [6, 6.07) is 5.66. The first-order valence-corrected chi connectivity index (χ1v) is 7.68. The Hall–Kier alpha value is -2.15. The molecule has 2 N–H and O–H groups in total. The molecular formula is C16H23N3O4. The lowest BCUT2D eigenvalue weighted by atomic mass is 9.82. The molecule has 0 spiro atoms. The number of methoxy groups -OCH3 is 1. The molecule has 1 fully saturated rings. The Kier molecular flexibility index (Phi) is 5.54. The predicted octanol–water partition coefficient (Wildman–Crippen LogP) is 1.29. The molecule has 0 saturated carbocycles. The molecule has 0 aromatic carbocycles. The van der Waals surface area contributed by atoms with Crippen LogP contribution in [-0.4, -0.2) is 58.8 Å². The third-order valence-corrected chi connectivity index (χ3v) is 4.35. The molecule has 2 amide bonds. The first kappa shape index (κ1) is 17.2. The molecule has 1 aromatic heterocycles. The van der Waals surface area contributed by atoms with E-state index in [2.05, 4.69) is 10.3 Å². The summed E-state index contributed by atoms with van der Waals surface area (Å²) in [5.41, 5.74) is 0.381. The summed E-state index contributed by atoms with van der Waals surface area (Å²) in [4.78, 5) is 29.1. The highest BCUT2D eigenvalue weighted by atomic mass is 16.5. The number of carboxylic acid groups (broad SMARTS) is 1. The molecule has 1 saturated heterocycles. The zero-order valence-corrected chi connectivity index (χ0v) is 13.5. The standard InChI is InChI=1S/C16H23N3O4/c1-12(23-2)14(20)18-16(11-13-5-3-4-8-17-13)6-9-19(10-7-16)15(21)22/h3-5,8,12H,6-7,9-11H2,1-2H3,(H,18,20)(H,21,22)/t12-/m1/s1. The second kappa shape index (κ2) is 7.41. The minimum absolute atomic E-state index is 0.188. The number of likely N-dealkylation sites (tertiary alicyclic amines) is 1. The lowest BCUT2D eigenvalue weighted by Crippen LogP contribution is -2.59. The Bertz CT molecular complexity index is 542. The fourth-order valence-corrected chi connectivity index (χ4v) is 2.79. The van der Waals surface area contributed by atoms with E-state index in [0.29, 0.717) is 32.4 Å². The van der Waals surface area contributed by atoms with E-state index in [9.17, 15) is 9.59 Å². The SMILES string of the molecule is CO[C@H](C)C(=O)NC1(Cc2ccccn2)CCN(C(=O)O)CC1.